The number of benzene rings is 3. The van der Waals surface area contributed by atoms with Gasteiger partial charge in [-0.3, -0.25) is 10.2 Å². The molecule has 0 bridgehead atoms. The molecule has 1 aromatic heterocycles. The van der Waals surface area contributed by atoms with Crippen LogP contribution < -0.4 is 10.1 Å². The molecule has 186 valence electrons. The SMILES string of the molecule is O=C(Nc1noc2ccccc12)N1CCN(Cc2cccc(Oc3ccc(C(F)(F)F)cc3)c2)CC1. The summed E-state index contributed by atoms with van der Waals surface area (Å²) in [6.07, 6.45) is -4.38. The van der Waals surface area contributed by atoms with E-state index in [2.05, 4.69) is 15.4 Å². The topological polar surface area (TPSA) is 70.8 Å². The molecule has 0 aliphatic carbocycles. The summed E-state index contributed by atoms with van der Waals surface area (Å²) in [5.41, 5.74) is 0.902. The number of urea groups is 1. The first-order valence-corrected chi connectivity index (χ1v) is 11.4. The number of anilines is 1. The van der Waals surface area contributed by atoms with Crippen molar-refractivity contribution in [2.45, 2.75) is 12.7 Å². The molecule has 0 saturated carbocycles. The van der Waals surface area contributed by atoms with E-state index >= 15 is 0 Å². The van der Waals surface area contributed by atoms with Crippen molar-refractivity contribution in [2.75, 3.05) is 31.5 Å². The van der Waals surface area contributed by atoms with Gasteiger partial charge in [-0.05, 0) is 54.1 Å². The second kappa shape index (κ2) is 9.90. The number of hydrogen-bond acceptors (Lipinski definition) is 5. The zero-order chi connectivity index (χ0) is 25.1. The lowest BCUT2D eigenvalue weighted by atomic mass is 10.2. The van der Waals surface area contributed by atoms with Gasteiger partial charge in [-0.15, -0.1) is 0 Å². The molecule has 0 unspecified atom stereocenters. The molecule has 1 N–H and O–H groups in total. The van der Waals surface area contributed by atoms with Crippen LogP contribution in [0, 0.1) is 0 Å². The molecular weight excluding hydrogens is 473 g/mol. The Kier molecular flexibility index (Phi) is 6.51. The lowest BCUT2D eigenvalue weighted by Gasteiger charge is -2.34. The predicted molar refractivity (Wildman–Crippen MR) is 128 cm³/mol. The molecule has 7 nitrogen and oxygen atoms in total. The van der Waals surface area contributed by atoms with E-state index in [0.29, 0.717) is 55.6 Å². The lowest BCUT2D eigenvalue weighted by Crippen LogP contribution is -2.49. The number of para-hydroxylation sites is 1. The maximum Gasteiger partial charge on any atom is 0.416 e. The van der Waals surface area contributed by atoms with Crippen LogP contribution in [0.5, 0.6) is 11.5 Å². The maximum atomic E-state index is 12.8. The fourth-order valence-electron chi connectivity index (χ4n) is 4.08. The van der Waals surface area contributed by atoms with Crippen LogP contribution in [0.3, 0.4) is 0 Å². The highest BCUT2D eigenvalue weighted by atomic mass is 19.4. The number of hydrogen-bond donors (Lipinski definition) is 1. The molecule has 10 heteroatoms. The zero-order valence-electron chi connectivity index (χ0n) is 19.2. The fraction of sp³-hybridized carbons (Fsp3) is 0.231. The number of carbonyl (C=O) groups excluding carboxylic acids is 1. The van der Waals surface area contributed by atoms with Crippen LogP contribution in [0.15, 0.2) is 77.3 Å². The van der Waals surface area contributed by atoms with Gasteiger partial charge in [0.05, 0.1) is 10.9 Å². The molecule has 0 atom stereocenters. The van der Waals surface area contributed by atoms with Crippen molar-refractivity contribution in [3.05, 3.63) is 83.9 Å². The molecule has 1 saturated heterocycles. The minimum atomic E-state index is -4.38. The molecule has 0 spiro atoms. The highest BCUT2D eigenvalue weighted by Crippen LogP contribution is 2.31. The maximum absolute atomic E-state index is 12.8. The largest absolute Gasteiger partial charge is 0.457 e. The molecule has 3 aromatic carbocycles. The van der Waals surface area contributed by atoms with E-state index in [4.69, 9.17) is 9.26 Å². The summed E-state index contributed by atoms with van der Waals surface area (Å²) < 4.78 is 49.2. The Balaban J connectivity index is 1.14. The number of amides is 2. The van der Waals surface area contributed by atoms with E-state index in [-0.39, 0.29) is 6.03 Å². The summed E-state index contributed by atoms with van der Waals surface area (Å²) in [7, 11) is 0. The molecule has 1 fully saturated rings. The first-order chi connectivity index (χ1) is 17.3. The molecular formula is C26H23F3N4O3. The van der Waals surface area contributed by atoms with Crippen LogP contribution in [0.2, 0.25) is 0 Å². The molecule has 4 aromatic rings. The minimum absolute atomic E-state index is 0.222. The Morgan fingerprint density at radius 1 is 0.944 bits per heavy atom. The summed E-state index contributed by atoms with van der Waals surface area (Å²) in [6.45, 7) is 3.16. The quantitative estimate of drug-likeness (QED) is 0.368. The molecule has 2 amide bonds. The molecule has 1 aliphatic heterocycles. The van der Waals surface area contributed by atoms with Crippen LogP contribution in [-0.4, -0.2) is 47.2 Å². The zero-order valence-corrected chi connectivity index (χ0v) is 19.2. The summed E-state index contributed by atoms with van der Waals surface area (Å²) in [4.78, 5) is 16.7. The van der Waals surface area contributed by atoms with E-state index in [1.807, 2.05) is 36.4 Å². The normalized spacial score (nSPS) is 14.7. The third-order valence-corrected chi connectivity index (χ3v) is 5.98. The number of piperazine rings is 1. The monoisotopic (exact) mass is 496 g/mol. The van der Waals surface area contributed by atoms with E-state index in [1.165, 1.54) is 12.1 Å². The van der Waals surface area contributed by atoms with Crippen molar-refractivity contribution in [3.8, 4) is 11.5 Å². The van der Waals surface area contributed by atoms with E-state index in [0.717, 1.165) is 23.1 Å². The average molecular weight is 496 g/mol. The molecule has 2 heterocycles. The number of aromatic nitrogens is 1. The number of alkyl halides is 3. The Morgan fingerprint density at radius 3 is 2.44 bits per heavy atom. The average Bonchev–Trinajstić information content (AvgIpc) is 3.27. The first kappa shape index (κ1) is 23.7. The first-order valence-electron chi connectivity index (χ1n) is 11.4. The van der Waals surface area contributed by atoms with E-state index in [1.54, 1.807) is 17.0 Å². The Morgan fingerprint density at radius 2 is 1.69 bits per heavy atom. The number of carbonyl (C=O) groups is 1. The van der Waals surface area contributed by atoms with E-state index < -0.39 is 11.7 Å². The van der Waals surface area contributed by atoms with Gasteiger partial charge in [0.1, 0.15) is 11.5 Å². The van der Waals surface area contributed by atoms with E-state index in [9.17, 15) is 18.0 Å². The van der Waals surface area contributed by atoms with Gasteiger partial charge in [0.2, 0.25) is 0 Å². The lowest BCUT2D eigenvalue weighted by molar-refractivity contribution is -0.137. The minimum Gasteiger partial charge on any atom is -0.457 e. The molecule has 1 aliphatic rings. The Bertz CT molecular complexity index is 1350. The Hall–Kier alpha value is -4.05. The number of nitrogens with one attached hydrogen (secondary N) is 1. The van der Waals surface area contributed by atoms with Gasteiger partial charge in [0.25, 0.3) is 0 Å². The van der Waals surface area contributed by atoms with Gasteiger partial charge in [-0.25, -0.2) is 4.79 Å². The smallest absolute Gasteiger partial charge is 0.416 e. The number of fused-ring (bicyclic) bond motifs is 1. The molecule has 0 radical (unpaired) electrons. The van der Waals surface area contributed by atoms with Crippen molar-refractivity contribution >= 4 is 22.8 Å². The third kappa shape index (κ3) is 5.44. The second-order valence-electron chi connectivity index (χ2n) is 8.49. The number of ether oxygens (including phenoxy) is 1. The van der Waals surface area contributed by atoms with Crippen molar-refractivity contribution in [3.63, 3.8) is 0 Å². The van der Waals surface area contributed by atoms with Gasteiger partial charge in [0.15, 0.2) is 11.4 Å². The van der Waals surface area contributed by atoms with Gasteiger partial charge < -0.3 is 14.2 Å². The summed E-state index contributed by atoms with van der Waals surface area (Å²) in [5, 5.41) is 7.53. The number of rotatable bonds is 5. The van der Waals surface area contributed by atoms with Crippen molar-refractivity contribution in [1.82, 2.24) is 15.0 Å². The number of nitrogens with zero attached hydrogens (tertiary/aromatic N) is 3. The van der Waals surface area contributed by atoms with Gasteiger partial charge in [-0.1, -0.05) is 29.4 Å². The summed E-state index contributed by atoms with van der Waals surface area (Å²) in [6, 6.07) is 19.2. The van der Waals surface area contributed by atoms with Crippen molar-refractivity contribution in [1.29, 1.82) is 0 Å². The van der Waals surface area contributed by atoms with Crippen molar-refractivity contribution in [2.24, 2.45) is 0 Å². The highest BCUT2D eigenvalue weighted by Gasteiger charge is 2.30. The molecule has 5 rings (SSSR count). The van der Waals surface area contributed by atoms with Gasteiger partial charge in [0, 0.05) is 32.7 Å². The van der Waals surface area contributed by atoms with Crippen LogP contribution in [0.1, 0.15) is 11.1 Å². The van der Waals surface area contributed by atoms with Crippen LogP contribution in [0.25, 0.3) is 11.0 Å². The second-order valence-corrected chi connectivity index (χ2v) is 8.49. The fourth-order valence-corrected chi connectivity index (χ4v) is 4.08. The highest BCUT2D eigenvalue weighted by molar-refractivity contribution is 5.98. The standard InChI is InChI=1S/C26H23F3N4O3/c27-26(28,29)19-8-10-20(11-9-19)35-21-5-3-4-18(16-21)17-32-12-14-33(15-13-32)25(34)30-24-22-6-1-2-7-23(22)36-31-24/h1-11,16H,12-15,17H2,(H,30,31,34). The third-order valence-electron chi connectivity index (χ3n) is 5.98. The van der Waals surface area contributed by atoms with Crippen LogP contribution in [-0.2, 0) is 12.7 Å². The summed E-state index contributed by atoms with van der Waals surface area (Å²) >= 11 is 0. The van der Waals surface area contributed by atoms with Gasteiger partial charge in [-0.2, -0.15) is 13.2 Å². The summed E-state index contributed by atoms with van der Waals surface area (Å²) in [5.74, 6) is 1.28. The van der Waals surface area contributed by atoms with Crippen LogP contribution in [0.4, 0.5) is 23.8 Å². The molecule has 36 heavy (non-hydrogen) atoms. The van der Waals surface area contributed by atoms with Crippen molar-refractivity contribution < 1.29 is 27.2 Å². The van der Waals surface area contributed by atoms with Gasteiger partial charge >= 0.3 is 12.2 Å². The Labute approximate surface area is 205 Å². The predicted octanol–water partition coefficient (Wildman–Crippen LogP) is 5.99. The number of halogens is 3. The van der Waals surface area contributed by atoms with Crippen LogP contribution >= 0.6 is 0 Å².